The highest BCUT2D eigenvalue weighted by molar-refractivity contribution is 5.06. The third-order valence-electron chi connectivity index (χ3n) is 4.16. The average Bonchev–Trinajstić information content (AvgIpc) is 2.26. The van der Waals surface area contributed by atoms with Gasteiger partial charge in [0, 0.05) is 11.6 Å². The van der Waals surface area contributed by atoms with Gasteiger partial charge in [-0.2, -0.15) is 0 Å². The number of hydrogen-bond donors (Lipinski definition) is 1. The normalized spacial score (nSPS) is 22.1. The van der Waals surface area contributed by atoms with E-state index in [4.69, 9.17) is 0 Å². The van der Waals surface area contributed by atoms with Crippen LogP contribution in [0.15, 0.2) is 12.2 Å². The number of likely N-dealkylation sites (N-methyl/N-ethyl adjacent to an activating group) is 2. The number of nitrogens with one attached hydrogen (secondary N) is 1. The Morgan fingerprint density at radius 2 is 1.88 bits per heavy atom. The fraction of sp³-hybridized carbons (Fsp3) is 0.857. The Labute approximate surface area is 101 Å². The van der Waals surface area contributed by atoms with E-state index >= 15 is 0 Å². The molecule has 2 heteroatoms. The summed E-state index contributed by atoms with van der Waals surface area (Å²) in [5.41, 5.74) is 1.62. The van der Waals surface area contributed by atoms with Gasteiger partial charge in [0.25, 0.3) is 0 Å². The van der Waals surface area contributed by atoms with Gasteiger partial charge in [-0.15, -0.1) is 6.58 Å². The summed E-state index contributed by atoms with van der Waals surface area (Å²) in [6.07, 6.45) is 7.87. The van der Waals surface area contributed by atoms with E-state index in [1.807, 2.05) is 0 Å². The Morgan fingerprint density at radius 1 is 1.31 bits per heavy atom. The Bertz CT molecular complexity index is 227. The van der Waals surface area contributed by atoms with Crippen molar-refractivity contribution >= 4 is 0 Å². The molecule has 2 nitrogen and oxygen atoms in total. The molecule has 1 saturated carbocycles. The molecule has 0 aromatic carbocycles. The lowest BCUT2D eigenvalue weighted by Gasteiger charge is -2.48. The van der Waals surface area contributed by atoms with E-state index in [1.165, 1.54) is 37.7 Å². The zero-order valence-corrected chi connectivity index (χ0v) is 11.5. The minimum absolute atomic E-state index is 0.339. The summed E-state index contributed by atoms with van der Waals surface area (Å²) in [5.74, 6) is 0. The van der Waals surface area contributed by atoms with Crippen LogP contribution >= 0.6 is 0 Å². The molecule has 1 aliphatic carbocycles. The maximum Gasteiger partial charge on any atom is 0.0359 e. The lowest BCUT2D eigenvalue weighted by atomic mass is 9.73. The molecule has 1 fully saturated rings. The fourth-order valence-corrected chi connectivity index (χ4v) is 3.18. The minimum atomic E-state index is 0.339. The second-order valence-corrected chi connectivity index (χ2v) is 5.56. The molecule has 0 saturated heterocycles. The Kier molecular flexibility index (Phi) is 5.00. The molecule has 0 amide bonds. The summed E-state index contributed by atoms with van der Waals surface area (Å²) >= 11 is 0. The highest BCUT2D eigenvalue weighted by Gasteiger charge is 2.40. The van der Waals surface area contributed by atoms with Crippen molar-refractivity contribution in [2.45, 2.75) is 57.0 Å². The van der Waals surface area contributed by atoms with Crippen molar-refractivity contribution in [1.82, 2.24) is 10.2 Å². The van der Waals surface area contributed by atoms with Crippen molar-refractivity contribution in [1.29, 1.82) is 0 Å². The molecular weight excluding hydrogens is 196 g/mol. The van der Waals surface area contributed by atoms with Gasteiger partial charge in [0.15, 0.2) is 0 Å². The van der Waals surface area contributed by atoms with Crippen LogP contribution in [0.1, 0.15) is 45.4 Å². The second-order valence-electron chi connectivity index (χ2n) is 5.56. The fourth-order valence-electron chi connectivity index (χ4n) is 3.18. The molecule has 0 aromatic rings. The van der Waals surface area contributed by atoms with Gasteiger partial charge in [-0.25, -0.2) is 0 Å². The monoisotopic (exact) mass is 224 g/mol. The molecule has 16 heavy (non-hydrogen) atoms. The van der Waals surface area contributed by atoms with Gasteiger partial charge in [-0.05, 0) is 47.3 Å². The number of rotatable bonds is 5. The van der Waals surface area contributed by atoms with E-state index in [2.05, 4.69) is 44.9 Å². The lowest BCUT2D eigenvalue weighted by Crippen LogP contribution is -2.59. The molecule has 0 radical (unpaired) electrons. The molecule has 0 heterocycles. The highest BCUT2D eigenvalue weighted by Crippen LogP contribution is 2.36. The third-order valence-corrected chi connectivity index (χ3v) is 4.16. The van der Waals surface area contributed by atoms with E-state index in [0.29, 0.717) is 11.6 Å². The van der Waals surface area contributed by atoms with Gasteiger partial charge >= 0.3 is 0 Å². The molecule has 1 atom stereocenters. The summed E-state index contributed by atoms with van der Waals surface area (Å²) in [6, 6.07) is 0.542. The van der Waals surface area contributed by atoms with Crippen molar-refractivity contribution < 1.29 is 0 Å². The van der Waals surface area contributed by atoms with Crippen molar-refractivity contribution in [3.8, 4) is 0 Å². The van der Waals surface area contributed by atoms with E-state index < -0.39 is 0 Å². The number of nitrogens with zero attached hydrogens (tertiary/aromatic N) is 1. The summed E-state index contributed by atoms with van der Waals surface area (Å²) < 4.78 is 0. The van der Waals surface area contributed by atoms with Crippen LogP contribution in [0, 0.1) is 0 Å². The highest BCUT2D eigenvalue weighted by atomic mass is 15.2. The first-order valence-electron chi connectivity index (χ1n) is 6.52. The van der Waals surface area contributed by atoms with E-state index in [1.54, 1.807) is 0 Å². The molecule has 0 spiro atoms. The molecule has 0 bridgehead atoms. The van der Waals surface area contributed by atoms with Crippen molar-refractivity contribution in [3.05, 3.63) is 12.2 Å². The standard InChI is InChI=1S/C14H28N2/c1-12(2)11-13(15-3)14(16(4)5)9-7-6-8-10-14/h13,15H,1,6-11H2,2-5H3. The summed E-state index contributed by atoms with van der Waals surface area (Å²) in [7, 11) is 6.55. The maximum absolute atomic E-state index is 4.07. The first kappa shape index (κ1) is 13.7. The predicted octanol–water partition coefficient (Wildman–Crippen LogP) is 2.81. The SMILES string of the molecule is C=C(C)CC(NC)C1(N(C)C)CCCCC1. The van der Waals surface area contributed by atoms with Crippen LogP contribution in [0.25, 0.3) is 0 Å². The van der Waals surface area contributed by atoms with Crippen molar-refractivity contribution in [3.63, 3.8) is 0 Å². The average molecular weight is 224 g/mol. The van der Waals surface area contributed by atoms with Gasteiger partial charge in [-0.3, -0.25) is 0 Å². The van der Waals surface area contributed by atoms with Gasteiger partial charge in [0.05, 0.1) is 0 Å². The van der Waals surface area contributed by atoms with Crippen LogP contribution in [0.2, 0.25) is 0 Å². The van der Waals surface area contributed by atoms with E-state index in [9.17, 15) is 0 Å². The molecule has 94 valence electrons. The predicted molar refractivity (Wildman–Crippen MR) is 71.8 cm³/mol. The molecule has 1 aliphatic rings. The third kappa shape index (κ3) is 2.86. The Hall–Kier alpha value is -0.340. The first-order chi connectivity index (χ1) is 7.53. The van der Waals surface area contributed by atoms with E-state index in [0.717, 1.165) is 6.42 Å². The van der Waals surface area contributed by atoms with Gasteiger partial charge in [0.2, 0.25) is 0 Å². The topological polar surface area (TPSA) is 15.3 Å². The van der Waals surface area contributed by atoms with Gasteiger partial charge in [-0.1, -0.05) is 24.8 Å². The summed E-state index contributed by atoms with van der Waals surface area (Å²) in [5, 5.41) is 3.52. The van der Waals surface area contributed by atoms with Crippen molar-refractivity contribution in [2.24, 2.45) is 0 Å². The molecule has 1 unspecified atom stereocenters. The maximum atomic E-state index is 4.07. The smallest absolute Gasteiger partial charge is 0.0359 e. The zero-order valence-electron chi connectivity index (χ0n) is 11.5. The van der Waals surface area contributed by atoms with Crippen LogP contribution < -0.4 is 5.32 Å². The molecule has 1 rings (SSSR count). The van der Waals surface area contributed by atoms with Crippen LogP contribution in [0.3, 0.4) is 0 Å². The quantitative estimate of drug-likeness (QED) is 0.722. The summed E-state index contributed by atoms with van der Waals surface area (Å²) in [4.78, 5) is 2.44. The summed E-state index contributed by atoms with van der Waals surface area (Å²) in [6.45, 7) is 6.21. The van der Waals surface area contributed by atoms with Crippen LogP contribution in [0.4, 0.5) is 0 Å². The minimum Gasteiger partial charge on any atom is -0.315 e. The van der Waals surface area contributed by atoms with Gasteiger partial charge < -0.3 is 10.2 Å². The largest absolute Gasteiger partial charge is 0.315 e. The van der Waals surface area contributed by atoms with Crippen LogP contribution in [0.5, 0.6) is 0 Å². The molecule has 0 aliphatic heterocycles. The second kappa shape index (κ2) is 5.83. The number of hydrogen-bond acceptors (Lipinski definition) is 2. The Morgan fingerprint density at radius 3 is 2.25 bits per heavy atom. The molecule has 0 aromatic heterocycles. The van der Waals surface area contributed by atoms with Crippen molar-refractivity contribution in [2.75, 3.05) is 21.1 Å². The van der Waals surface area contributed by atoms with Gasteiger partial charge in [0.1, 0.15) is 0 Å². The molecule has 1 N–H and O–H groups in total. The van der Waals surface area contributed by atoms with Crippen LogP contribution in [-0.4, -0.2) is 37.6 Å². The lowest BCUT2D eigenvalue weighted by molar-refractivity contribution is 0.0599. The molecular formula is C14H28N2. The zero-order chi connectivity index (χ0) is 12.2. The van der Waals surface area contributed by atoms with E-state index in [-0.39, 0.29) is 0 Å². The first-order valence-corrected chi connectivity index (χ1v) is 6.52. The Balaban J connectivity index is 2.84. The van der Waals surface area contributed by atoms with Crippen LogP contribution in [-0.2, 0) is 0 Å².